The van der Waals surface area contributed by atoms with Gasteiger partial charge < -0.3 is 9.64 Å². The number of benzene rings is 1. The van der Waals surface area contributed by atoms with Gasteiger partial charge in [-0.2, -0.15) is 5.10 Å². The number of aromatic nitrogens is 2. The van der Waals surface area contributed by atoms with Crippen LogP contribution >= 0.6 is 0 Å². The lowest BCUT2D eigenvalue weighted by atomic mass is 10.1. The molecule has 5 nitrogen and oxygen atoms in total. The van der Waals surface area contributed by atoms with Gasteiger partial charge in [0.25, 0.3) is 5.91 Å². The van der Waals surface area contributed by atoms with Crippen LogP contribution in [0.1, 0.15) is 24.0 Å². The number of aryl methyl sites for hydroxylation is 1. The van der Waals surface area contributed by atoms with Crippen molar-refractivity contribution in [3.63, 3.8) is 0 Å². The van der Waals surface area contributed by atoms with Crippen molar-refractivity contribution >= 4 is 5.91 Å². The van der Waals surface area contributed by atoms with E-state index in [1.165, 1.54) is 0 Å². The minimum absolute atomic E-state index is 0.118. The Morgan fingerprint density at radius 3 is 3.04 bits per heavy atom. The van der Waals surface area contributed by atoms with E-state index < -0.39 is 0 Å². The van der Waals surface area contributed by atoms with Crippen LogP contribution in [0, 0.1) is 6.92 Å². The number of nitrogens with zero attached hydrogens (tertiary/aromatic N) is 3. The molecule has 1 fully saturated rings. The molecule has 1 aromatic heterocycles. The first-order chi connectivity index (χ1) is 11.2. The highest BCUT2D eigenvalue weighted by Crippen LogP contribution is 2.30. The zero-order valence-electron chi connectivity index (χ0n) is 13.3. The molecular weight excluding hydrogens is 290 g/mol. The average Bonchev–Trinajstić information content (AvgIpc) is 3.26. The van der Waals surface area contributed by atoms with Gasteiger partial charge >= 0.3 is 0 Å². The third-order valence-electron chi connectivity index (χ3n) is 4.74. The fourth-order valence-corrected chi connectivity index (χ4v) is 3.60. The van der Waals surface area contributed by atoms with E-state index in [-0.39, 0.29) is 18.1 Å². The molecule has 1 amide bonds. The van der Waals surface area contributed by atoms with Gasteiger partial charge in [0, 0.05) is 19.2 Å². The third-order valence-corrected chi connectivity index (χ3v) is 4.74. The molecule has 1 aromatic carbocycles. The molecule has 0 spiro atoms. The minimum Gasteiger partial charge on any atom is -0.480 e. The molecule has 5 heteroatoms. The van der Waals surface area contributed by atoms with Crippen LogP contribution in [0.3, 0.4) is 0 Å². The summed E-state index contributed by atoms with van der Waals surface area (Å²) in [6, 6.07) is 8.14. The Labute approximate surface area is 135 Å². The number of ether oxygens (including phenoxy) is 1. The van der Waals surface area contributed by atoms with E-state index in [0.717, 1.165) is 42.8 Å². The molecule has 0 N–H and O–H groups in total. The molecule has 4 rings (SSSR count). The first-order valence-corrected chi connectivity index (χ1v) is 8.25. The number of hydrogen-bond donors (Lipinski definition) is 0. The van der Waals surface area contributed by atoms with E-state index in [1.807, 2.05) is 53.2 Å². The third kappa shape index (κ3) is 2.71. The molecule has 120 valence electrons. The van der Waals surface area contributed by atoms with Gasteiger partial charge in [0.05, 0.1) is 18.8 Å². The van der Waals surface area contributed by atoms with Crippen molar-refractivity contribution in [2.45, 2.75) is 44.9 Å². The molecule has 2 aliphatic heterocycles. The number of carbonyl (C=O) groups is 1. The van der Waals surface area contributed by atoms with Gasteiger partial charge in [-0.05, 0) is 37.0 Å². The Morgan fingerprint density at radius 1 is 1.39 bits per heavy atom. The predicted octanol–water partition coefficient (Wildman–Crippen LogP) is 2.19. The maximum atomic E-state index is 12.9. The summed E-state index contributed by atoms with van der Waals surface area (Å²) in [5, 5.41) is 4.35. The SMILES string of the molecule is Cc1cnn(C[C@H]2CCCN2C(=O)[C@@H]2Cc3ccccc3O2)c1. The number of carbonyl (C=O) groups excluding carboxylic acids is 1. The van der Waals surface area contributed by atoms with Gasteiger partial charge in [0.2, 0.25) is 0 Å². The maximum Gasteiger partial charge on any atom is 0.264 e. The standard InChI is InChI=1S/C18H21N3O2/c1-13-10-19-20(11-13)12-15-6-4-8-21(15)18(22)17-9-14-5-2-3-7-16(14)23-17/h2-3,5,7,10-11,15,17H,4,6,8-9,12H2,1H3/t15-,17+/m1/s1. The van der Waals surface area contributed by atoms with Crippen LogP contribution in [0.25, 0.3) is 0 Å². The largest absolute Gasteiger partial charge is 0.480 e. The molecule has 2 aromatic rings. The topological polar surface area (TPSA) is 47.4 Å². The lowest BCUT2D eigenvalue weighted by Crippen LogP contribution is -2.45. The number of para-hydroxylation sites is 1. The molecular formula is C18H21N3O2. The summed E-state index contributed by atoms with van der Waals surface area (Å²) in [7, 11) is 0. The number of amides is 1. The van der Waals surface area contributed by atoms with Crippen molar-refractivity contribution in [1.82, 2.24) is 14.7 Å². The molecule has 0 aliphatic carbocycles. The van der Waals surface area contributed by atoms with E-state index in [4.69, 9.17) is 4.74 Å². The summed E-state index contributed by atoms with van der Waals surface area (Å²) in [4.78, 5) is 14.9. The summed E-state index contributed by atoms with van der Waals surface area (Å²) < 4.78 is 7.81. The number of rotatable bonds is 3. The second-order valence-corrected chi connectivity index (χ2v) is 6.49. The summed E-state index contributed by atoms with van der Waals surface area (Å²) in [5.74, 6) is 0.969. The van der Waals surface area contributed by atoms with Gasteiger partial charge in [-0.1, -0.05) is 18.2 Å². The molecule has 2 atom stereocenters. The Bertz CT molecular complexity index is 700. The first-order valence-electron chi connectivity index (χ1n) is 8.25. The van der Waals surface area contributed by atoms with E-state index in [1.54, 1.807) is 0 Å². The maximum absolute atomic E-state index is 12.9. The highest BCUT2D eigenvalue weighted by Gasteiger charge is 2.37. The lowest BCUT2D eigenvalue weighted by Gasteiger charge is -2.27. The number of hydrogen-bond acceptors (Lipinski definition) is 3. The molecule has 0 radical (unpaired) electrons. The molecule has 0 saturated carbocycles. The van der Waals surface area contributed by atoms with Gasteiger partial charge in [-0.25, -0.2) is 0 Å². The van der Waals surface area contributed by atoms with Gasteiger partial charge in [0.15, 0.2) is 6.10 Å². The van der Waals surface area contributed by atoms with Crippen LogP contribution in [0.2, 0.25) is 0 Å². The van der Waals surface area contributed by atoms with Crippen LogP contribution in [0.15, 0.2) is 36.7 Å². The summed E-state index contributed by atoms with van der Waals surface area (Å²) in [6.45, 7) is 3.61. The van der Waals surface area contributed by atoms with Crippen molar-refractivity contribution in [2.75, 3.05) is 6.54 Å². The minimum atomic E-state index is -0.368. The van der Waals surface area contributed by atoms with Crippen molar-refractivity contribution in [3.8, 4) is 5.75 Å². The molecule has 1 saturated heterocycles. The van der Waals surface area contributed by atoms with Gasteiger partial charge in [-0.3, -0.25) is 9.48 Å². The lowest BCUT2D eigenvalue weighted by molar-refractivity contribution is -0.139. The van der Waals surface area contributed by atoms with E-state index in [2.05, 4.69) is 5.10 Å². The van der Waals surface area contributed by atoms with Gasteiger partial charge in [-0.15, -0.1) is 0 Å². The first kappa shape index (κ1) is 14.3. The van der Waals surface area contributed by atoms with Crippen molar-refractivity contribution in [1.29, 1.82) is 0 Å². The Balaban J connectivity index is 1.45. The van der Waals surface area contributed by atoms with Crippen LogP contribution in [0.5, 0.6) is 5.75 Å². The van der Waals surface area contributed by atoms with Gasteiger partial charge in [0.1, 0.15) is 5.75 Å². The second kappa shape index (κ2) is 5.72. The number of fused-ring (bicyclic) bond motifs is 1. The summed E-state index contributed by atoms with van der Waals surface area (Å²) in [5.41, 5.74) is 2.28. The summed E-state index contributed by atoms with van der Waals surface area (Å²) in [6.07, 6.45) is 6.29. The smallest absolute Gasteiger partial charge is 0.264 e. The molecule has 3 heterocycles. The molecule has 2 aliphatic rings. The van der Waals surface area contributed by atoms with Crippen LogP contribution in [0.4, 0.5) is 0 Å². The monoisotopic (exact) mass is 311 g/mol. The van der Waals surface area contributed by atoms with Crippen molar-refractivity contribution in [3.05, 3.63) is 47.8 Å². The summed E-state index contributed by atoms with van der Waals surface area (Å²) >= 11 is 0. The highest BCUT2D eigenvalue weighted by molar-refractivity contribution is 5.83. The zero-order valence-corrected chi connectivity index (χ0v) is 13.3. The van der Waals surface area contributed by atoms with E-state index >= 15 is 0 Å². The zero-order chi connectivity index (χ0) is 15.8. The molecule has 23 heavy (non-hydrogen) atoms. The Kier molecular flexibility index (Phi) is 3.56. The Morgan fingerprint density at radius 2 is 2.26 bits per heavy atom. The second-order valence-electron chi connectivity index (χ2n) is 6.49. The quantitative estimate of drug-likeness (QED) is 0.873. The normalized spacial score (nSPS) is 22.9. The fraction of sp³-hybridized carbons (Fsp3) is 0.444. The van der Waals surface area contributed by atoms with Crippen molar-refractivity contribution in [2.24, 2.45) is 0 Å². The van der Waals surface area contributed by atoms with Crippen molar-refractivity contribution < 1.29 is 9.53 Å². The highest BCUT2D eigenvalue weighted by atomic mass is 16.5. The number of likely N-dealkylation sites (tertiary alicyclic amines) is 1. The average molecular weight is 311 g/mol. The van der Waals surface area contributed by atoms with E-state index in [0.29, 0.717) is 6.42 Å². The van der Waals surface area contributed by atoms with Crippen LogP contribution in [-0.4, -0.2) is 39.3 Å². The fourth-order valence-electron chi connectivity index (χ4n) is 3.60. The molecule has 0 unspecified atom stereocenters. The van der Waals surface area contributed by atoms with Crippen LogP contribution in [-0.2, 0) is 17.8 Å². The predicted molar refractivity (Wildman–Crippen MR) is 86.3 cm³/mol. The van der Waals surface area contributed by atoms with E-state index in [9.17, 15) is 4.79 Å². The molecule has 0 bridgehead atoms. The Hall–Kier alpha value is -2.30. The van der Waals surface area contributed by atoms with Crippen LogP contribution < -0.4 is 4.74 Å².